The second-order valence-corrected chi connectivity index (χ2v) is 5.07. The summed E-state index contributed by atoms with van der Waals surface area (Å²) >= 11 is 3.23. The second kappa shape index (κ2) is 4.56. The van der Waals surface area contributed by atoms with Crippen LogP contribution in [-0.2, 0) is 16.1 Å². The lowest BCUT2D eigenvalue weighted by Gasteiger charge is -2.15. The Bertz CT molecular complexity index is 489. The minimum atomic E-state index is -0.409. The molecular weight excluding hydrogens is 289 g/mol. The van der Waals surface area contributed by atoms with Gasteiger partial charge in [-0.1, -0.05) is 22.9 Å². The first-order chi connectivity index (χ1) is 7.99. The van der Waals surface area contributed by atoms with Gasteiger partial charge in [0.1, 0.15) is 5.82 Å². The Balaban J connectivity index is 2.24. The van der Waals surface area contributed by atoms with E-state index >= 15 is 0 Å². The average Bonchev–Trinajstić information content (AvgIpc) is 2.50. The summed E-state index contributed by atoms with van der Waals surface area (Å²) in [5.74, 6) is -1.16. The fourth-order valence-electron chi connectivity index (χ4n) is 1.85. The van der Waals surface area contributed by atoms with Gasteiger partial charge in [-0.3, -0.25) is 14.5 Å². The van der Waals surface area contributed by atoms with Crippen molar-refractivity contribution < 1.29 is 14.0 Å². The summed E-state index contributed by atoms with van der Waals surface area (Å²) in [5.41, 5.74) is 0.343. The van der Waals surface area contributed by atoms with Crippen LogP contribution in [0.2, 0.25) is 0 Å². The molecule has 1 heterocycles. The van der Waals surface area contributed by atoms with Gasteiger partial charge in [-0.2, -0.15) is 0 Å². The zero-order valence-corrected chi connectivity index (χ0v) is 10.8. The molecule has 1 fully saturated rings. The number of rotatable bonds is 2. The van der Waals surface area contributed by atoms with E-state index in [-0.39, 0.29) is 30.7 Å². The summed E-state index contributed by atoms with van der Waals surface area (Å²) in [5, 5.41) is 0. The Hall–Kier alpha value is -1.23. The lowest BCUT2D eigenvalue weighted by atomic mass is 10.1. The van der Waals surface area contributed by atoms with E-state index in [0.717, 1.165) is 9.37 Å². The maximum atomic E-state index is 13.5. The van der Waals surface area contributed by atoms with Gasteiger partial charge in [0.2, 0.25) is 11.8 Å². The fraction of sp³-hybridized carbons (Fsp3) is 0.333. The molecule has 0 radical (unpaired) electrons. The van der Waals surface area contributed by atoms with Crippen molar-refractivity contribution in [3.05, 3.63) is 34.1 Å². The molecule has 1 aromatic rings. The van der Waals surface area contributed by atoms with Crippen molar-refractivity contribution >= 4 is 27.7 Å². The molecule has 2 rings (SSSR count). The molecule has 1 saturated heterocycles. The van der Waals surface area contributed by atoms with E-state index in [2.05, 4.69) is 15.9 Å². The highest BCUT2D eigenvalue weighted by Crippen LogP contribution is 2.23. The number of likely N-dealkylation sites (tertiary alicyclic amines) is 1. The van der Waals surface area contributed by atoms with Gasteiger partial charge in [-0.15, -0.1) is 0 Å². The first-order valence-electron chi connectivity index (χ1n) is 5.27. The molecule has 0 N–H and O–H groups in total. The first-order valence-corrected chi connectivity index (χ1v) is 6.06. The minimum Gasteiger partial charge on any atom is -0.278 e. The van der Waals surface area contributed by atoms with Crippen LogP contribution in [-0.4, -0.2) is 16.7 Å². The van der Waals surface area contributed by atoms with Crippen molar-refractivity contribution in [2.75, 3.05) is 0 Å². The zero-order chi connectivity index (χ0) is 12.6. The molecule has 2 amide bonds. The lowest BCUT2D eigenvalue weighted by molar-refractivity contribution is -0.139. The largest absolute Gasteiger partial charge is 0.278 e. The van der Waals surface area contributed by atoms with Crippen molar-refractivity contribution in [3.63, 3.8) is 0 Å². The predicted octanol–water partition coefficient (Wildman–Crippen LogP) is 2.48. The summed E-state index contributed by atoms with van der Waals surface area (Å²) in [4.78, 5) is 24.4. The van der Waals surface area contributed by atoms with Crippen LogP contribution < -0.4 is 0 Å². The minimum absolute atomic E-state index is 0.00722. The molecule has 17 heavy (non-hydrogen) atoms. The number of hydrogen-bond donors (Lipinski definition) is 0. The third-order valence-electron chi connectivity index (χ3n) is 2.81. The van der Waals surface area contributed by atoms with Crippen molar-refractivity contribution in [3.8, 4) is 0 Å². The SMILES string of the molecule is CC1CC(=O)N(Cc2cc(Br)ccc2F)C1=O. The smallest absolute Gasteiger partial charge is 0.232 e. The summed E-state index contributed by atoms with van der Waals surface area (Å²) < 4.78 is 14.2. The third-order valence-corrected chi connectivity index (χ3v) is 3.30. The van der Waals surface area contributed by atoms with E-state index in [1.165, 1.54) is 6.07 Å². The normalized spacial score (nSPS) is 20.2. The molecule has 0 aliphatic carbocycles. The maximum Gasteiger partial charge on any atom is 0.232 e. The number of carbonyl (C=O) groups excluding carboxylic acids is 2. The van der Waals surface area contributed by atoms with Gasteiger partial charge in [0.05, 0.1) is 6.54 Å². The molecule has 1 aromatic carbocycles. The van der Waals surface area contributed by atoms with Gasteiger partial charge < -0.3 is 0 Å². The molecule has 5 heteroatoms. The Morgan fingerprint density at radius 3 is 2.76 bits per heavy atom. The number of benzene rings is 1. The lowest BCUT2D eigenvalue weighted by Crippen LogP contribution is -2.30. The molecule has 1 unspecified atom stereocenters. The van der Waals surface area contributed by atoms with Gasteiger partial charge in [-0.25, -0.2) is 4.39 Å². The summed E-state index contributed by atoms with van der Waals surface area (Å²) in [6.45, 7) is 1.71. The molecule has 1 aliphatic rings. The van der Waals surface area contributed by atoms with Crippen molar-refractivity contribution in [2.45, 2.75) is 19.9 Å². The highest BCUT2D eigenvalue weighted by molar-refractivity contribution is 9.10. The van der Waals surface area contributed by atoms with E-state index in [1.807, 2.05) is 0 Å². The quantitative estimate of drug-likeness (QED) is 0.787. The highest BCUT2D eigenvalue weighted by atomic mass is 79.9. The van der Waals surface area contributed by atoms with Gasteiger partial charge in [-0.05, 0) is 18.2 Å². The van der Waals surface area contributed by atoms with E-state index in [0.29, 0.717) is 5.56 Å². The summed E-state index contributed by atoms with van der Waals surface area (Å²) in [6.07, 6.45) is 0.217. The zero-order valence-electron chi connectivity index (χ0n) is 9.24. The number of amides is 2. The molecular formula is C12H11BrFNO2. The van der Waals surface area contributed by atoms with Crippen LogP contribution in [0, 0.1) is 11.7 Å². The fourth-order valence-corrected chi connectivity index (χ4v) is 2.26. The van der Waals surface area contributed by atoms with E-state index in [4.69, 9.17) is 0 Å². The number of halogens is 2. The van der Waals surface area contributed by atoms with E-state index < -0.39 is 5.82 Å². The third kappa shape index (κ3) is 2.39. The molecule has 1 atom stereocenters. The summed E-state index contributed by atoms with van der Waals surface area (Å²) in [7, 11) is 0. The molecule has 1 aliphatic heterocycles. The Labute approximate surface area is 107 Å². The van der Waals surface area contributed by atoms with Gasteiger partial charge in [0.25, 0.3) is 0 Å². The van der Waals surface area contributed by atoms with Crippen LogP contribution in [0.4, 0.5) is 4.39 Å². The van der Waals surface area contributed by atoms with E-state index in [1.54, 1.807) is 19.1 Å². The van der Waals surface area contributed by atoms with Crippen molar-refractivity contribution in [1.82, 2.24) is 4.90 Å². The molecule has 0 spiro atoms. The Kier molecular flexibility index (Phi) is 3.28. The van der Waals surface area contributed by atoms with Crippen LogP contribution >= 0.6 is 15.9 Å². The molecule has 90 valence electrons. The van der Waals surface area contributed by atoms with E-state index in [9.17, 15) is 14.0 Å². The average molecular weight is 300 g/mol. The van der Waals surface area contributed by atoms with Gasteiger partial charge in [0, 0.05) is 22.4 Å². The van der Waals surface area contributed by atoms with Crippen LogP contribution in [0.25, 0.3) is 0 Å². The standard InChI is InChI=1S/C12H11BrFNO2/c1-7-4-11(16)15(12(7)17)6-8-5-9(13)2-3-10(8)14/h2-3,5,7H,4,6H2,1H3. The summed E-state index contributed by atoms with van der Waals surface area (Å²) in [6, 6.07) is 4.47. The second-order valence-electron chi connectivity index (χ2n) is 4.16. The number of nitrogens with zero attached hydrogens (tertiary/aromatic N) is 1. The molecule has 3 nitrogen and oxygen atoms in total. The number of hydrogen-bond acceptors (Lipinski definition) is 2. The number of carbonyl (C=O) groups is 2. The van der Waals surface area contributed by atoms with Crippen molar-refractivity contribution in [2.24, 2.45) is 5.92 Å². The Morgan fingerprint density at radius 1 is 1.47 bits per heavy atom. The Morgan fingerprint density at radius 2 is 2.18 bits per heavy atom. The first kappa shape index (κ1) is 12.2. The number of imide groups is 1. The maximum absolute atomic E-state index is 13.5. The predicted molar refractivity (Wildman–Crippen MR) is 63.4 cm³/mol. The van der Waals surface area contributed by atoms with Crippen LogP contribution in [0.15, 0.2) is 22.7 Å². The molecule has 0 saturated carbocycles. The monoisotopic (exact) mass is 299 g/mol. The molecule has 0 aromatic heterocycles. The molecule has 0 bridgehead atoms. The van der Waals surface area contributed by atoms with Crippen LogP contribution in [0.5, 0.6) is 0 Å². The van der Waals surface area contributed by atoms with Gasteiger partial charge in [0.15, 0.2) is 0 Å². The van der Waals surface area contributed by atoms with Crippen molar-refractivity contribution in [1.29, 1.82) is 0 Å². The highest BCUT2D eigenvalue weighted by Gasteiger charge is 2.35. The van der Waals surface area contributed by atoms with Gasteiger partial charge >= 0.3 is 0 Å². The van der Waals surface area contributed by atoms with Crippen LogP contribution in [0.3, 0.4) is 0 Å². The topological polar surface area (TPSA) is 37.4 Å². The van der Waals surface area contributed by atoms with Crippen LogP contribution in [0.1, 0.15) is 18.9 Å².